The monoisotopic (exact) mass is 349 g/mol. The fourth-order valence-electron chi connectivity index (χ4n) is 2.93. The van der Waals surface area contributed by atoms with E-state index in [1.54, 1.807) is 11.3 Å². The van der Waals surface area contributed by atoms with E-state index in [2.05, 4.69) is 15.2 Å². The summed E-state index contributed by atoms with van der Waals surface area (Å²) in [5.74, 6) is 0.0935. The van der Waals surface area contributed by atoms with Crippen LogP contribution < -0.4 is 10.2 Å². The Morgan fingerprint density at radius 3 is 3.17 bits per heavy atom. The second-order valence-corrected chi connectivity index (χ2v) is 7.05. The van der Waals surface area contributed by atoms with E-state index >= 15 is 0 Å². The van der Waals surface area contributed by atoms with Gasteiger partial charge in [0.1, 0.15) is 0 Å². The molecular formula is C17H20ClN3OS. The summed E-state index contributed by atoms with van der Waals surface area (Å²) >= 11 is 7.62. The number of carbonyl (C=O) groups is 1. The van der Waals surface area contributed by atoms with E-state index in [1.807, 2.05) is 35.8 Å². The van der Waals surface area contributed by atoms with Gasteiger partial charge in [-0.1, -0.05) is 23.7 Å². The van der Waals surface area contributed by atoms with Crippen molar-refractivity contribution in [3.63, 3.8) is 0 Å². The molecule has 122 valence electrons. The van der Waals surface area contributed by atoms with Crippen LogP contribution in [-0.2, 0) is 11.2 Å². The zero-order valence-corrected chi connectivity index (χ0v) is 14.4. The minimum absolute atomic E-state index is 0.0935. The summed E-state index contributed by atoms with van der Waals surface area (Å²) in [6, 6.07) is 8.03. The van der Waals surface area contributed by atoms with Crippen LogP contribution in [0.25, 0.3) is 0 Å². The molecule has 3 rings (SSSR count). The summed E-state index contributed by atoms with van der Waals surface area (Å²) in [5.41, 5.74) is 1.10. The van der Waals surface area contributed by atoms with Crippen molar-refractivity contribution in [2.75, 3.05) is 18.0 Å². The molecule has 0 bridgehead atoms. The smallest absolute Gasteiger partial charge is 0.220 e. The molecule has 6 heteroatoms. The lowest BCUT2D eigenvalue weighted by molar-refractivity contribution is -0.121. The Kier molecular flexibility index (Phi) is 5.51. The first-order valence-electron chi connectivity index (χ1n) is 7.89. The number of aryl methyl sites for hydroxylation is 1. The normalized spacial score (nSPS) is 17.4. The first kappa shape index (κ1) is 16.3. The van der Waals surface area contributed by atoms with Gasteiger partial charge in [0.25, 0.3) is 0 Å². The lowest BCUT2D eigenvalue weighted by Crippen LogP contribution is -2.40. The molecule has 0 saturated carbocycles. The minimum atomic E-state index is 0.0935. The third-order valence-corrected chi connectivity index (χ3v) is 5.15. The van der Waals surface area contributed by atoms with Crippen LogP contribution in [0.15, 0.2) is 35.8 Å². The fraction of sp³-hybridized carbons (Fsp3) is 0.412. The second-order valence-electron chi connectivity index (χ2n) is 5.74. The van der Waals surface area contributed by atoms with Gasteiger partial charge in [0.2, 0.25) is 5.91 Å². The molecule has 0 spiro atoms. The number of hydrogen-bond acceptors (Lipinski definition) is 4. The third kappa shape index (κ3) is 4.45. The Bertz CT molecular complexity index is 647. The molecule has 1 N–H and O–H groups in total. The SMILES string of the molecule is O=C(CCc1cccc(Cl)c1)NCC1CCCN1c1nccs1. The van der Waals surface area contributed by atoms with Crippen molar-refractivity contribution in [3.8, 4) is 0 Å². The quantitative estimate of drug-likeness (QED) is 0.868. The summed E-state index contributed by atoms with van der Waals surface area (Å²) in [7, 11) is 0. The molecule has 0 radical (unpaired) electrons. The average Bonchev–Trinajstić information content (AvgIpc) is 3.21. The maximum Gasteiger partial charge on any atom is 0.220 e. The van der Waals surface area contributed by atoms with E-state index in [1.165, 1.54) is 0 Å². The topological polar surface area (TPSA) is 45.2 Å². The molecular weight excluding hydrogens is 330 g/mol. The predicted octanol–water partition coefficient (Wildman–Crippen LogP) is 3.51. The minimum Gasteiger partial charge on any atom is -0.354 e. The van der Waals surface area contributed by atoms with Crippen molar-refractivity contribution < 1.29 is 4.79 Å². The Hall–Kier alpha value is -1.59. The number of benzene rings is 1. The van der Waals surface area contributed by atoms with E-state index in [9.17, 15) is 4.79 Å². The van der Waals surface area contributed by atoms with Crippen LogP contribution in [0, 0.1) is 0 Å². The molecule has 1 unspecified atom stereocenters. The standard InChI is InChI=1S/C17H20ClN3OS/c18-14-4-1-3-13(11-14)6-7-16(22)20-12-15-5-2-9-21(15)17-19-8-10-23-17/h1,3-4,8,10-11,15H,2,5-7,9,12H2,(H,20,22). The Morgan fingerprint density at radius 1 is 1.48 bits per heavy atom. The van der Waals surface area contributed by atoms with Gasteiger partial charge in [-0.15, -0.1) is 11.3 Å². The van der Waals surface area contributed by atoms with Gasteiger partial charge in [0.05, 0.1) is 0 Å². The van der Waals surface area contributed by atoms with Crippen LogP contribution in [0.5, 0.6) is 0 Å². The molecule has 1 amide bonds. The summed E-state index contributed by atoms with van der Waals surface area (Å²) in [6.07, 6.45) is 5.30. The molecule has 2 aromatic rings. The number of nitrogens with one attached hydrogen (secondary N) is 1. The maximum atomic E-state index is 12.1. The molecule has 1 aliphatic rings. The Balaban J connectivity index is 1.45. The van der Waals surface area contributed by atoms with Gasteiger partial charge in [-0.05, 0) is 37.0 Å². The highest BCUT2D eigenvalue weighted by Gasteiger charge is 2.26. The van der Waals surface area contributed by atoms with Gasteiger partial charge in [0.15, 0.2) is 5.13 Å². The number of nitrogens with zero attached hydrogens (tertiary/aromatic N) is 2. The van der Waals surface area contributed by atoms with E-state index in [0.29, 0.717) is 30.5 Å². The first-order valence-corrected chi connectivity index (χ1v) is 9.15. The van der Waals surface area contributed by atoms with Crippen molar-refractivity contribution >= 4 is 34.0 Å². The molecule has 4 nitrogen and oxygen atoms in total. The predicted molar refractivity (Wildman–Crippen MR) is 95.3 cm³/mol. The molecule has 2 heterocycles. The van der Waals surface area contributed by atoms with Gasteiger partial charge in [0, 0.05) is 42.2 Å². The van der Waals surface area contributed by atoms with Gasteiger partial charge in [-0.3, -0.25) is 4.79 Å². The van der Waals surface area contributed by atoms with Gasteiger partial charge in [-0.2, -0.15) is 0 Å². The maximum absolute atomic E-state index is 12.1. The lowest BCUT2D eigenvalue weighted by Gasteiger charge is -2.24. The van der Waals surface area contributed by atoms with Crippen LogP contribution in [0.2, 0.25) is 5.02 Å². The molecule has 1 saturated heterocycles. The Labute approximate surface area is 145 Å². The van der Waals surface area contributed by atoms with Gasteiger partial charge >= 0.3 is 0 Å². The van der Waals surface area contributed by atoms with E-state index in [-0.39, 0.29) is 5.91 Å². The summed E-state index contributed by atoms with van der Waals surface area (Å²) < 4.78 is 0. The van der Waals surface area contributed by atoms with Crippen LogP contribution >= 0.6 is 22.9 Å². The van der Waals surface area contributed by atoms with Crippen molar-refractivity contribution in [2.45, 2.75) is 31.7 Å². The molecule has 1 aromatic heterocycles. The lowest BCUT2D eigenvalue weighted by atomic mass is 10.1. The summed E-state index contributed by atoms with van der Waals surface area (Å²) in [6.45, 7) is 1.71. The third-order valence-electron chi connectivity index (χ3n) is 4.11. The van der Waals surface area contributed by atoms with Crippen LogP contribution in [0.1, 0.15) is 24.8 Å². The molecule has 1 fully saturated rings. The number of amides is 1. The van der Waals surface area contributed by atoms with Gasteiger partial charge in [-0.25, -0.2) is 4.98 Å². The zero-order chi connectivity index (χ0) is 16.1. The van der Waals surface area contributed by atoms with Crippen molar-refractivity contribution in [2.24, 2.45) is 0 Å². The van der Waals surface area contributed by atoms with Crippen molar-refractivity contribution in [1.82, 2.24) is 10.3 Å². The van der Waals surface area contributed by atoms with Crippen molar-refractivity contribution in [1.29, 1.82) is 0 Å². The van der Waals surface area contributed by atoms with Crippen LogP contribution in [0.3, 0.4) is 0 Å². The number of hydrogen-bond donors (Lipinski definition) is 1. The van der Waals surface area contributed by atoms with E-state index < -0.39 is 0 Å². The molecule has 23 heavy (non-hydrogen) atoms. The summed E-state index contributed by atoms with van der Waals surface area (Å²) in [4.78, 5) is 18.8. The Morgan fingerprint density at radius 2 is 2.39 bits per heavy atom. The summed E-state index contributed by atoms with van der Waals surface area (Å²) in [5, 5.41) is 6.83. The molecule has 1 aromatic carbocycles. The largest absolute Gasteiger partial charge is 0.354 e. The highest BCUT2D eigenvalue weighted by atomic mass is 35.5. The molecule has 0 aliphatic carbocycles. The zero-order valence-electron chi connectivity index (χ0n) is 12.9. The number of anilines is 1. The average molecular weight is 350 g/mol. The highest BCUT2D eigenvalue weighted by Crippen LogP contribution is 2.26. The second kappa shape index (κ2) is 7.79. The van der Waals surface area contributed by atoms with E-state index in [0.717, 1.165) is 30.1 Å². The molecule has 1 aliphatic heterocycles. The highest BCUT2D eigenvalue weighted by molar-refractivity contribution is 7.13. The number of aromatic nitrogens is 1. The fourth-order valence-corrected chi connectivity index (χ4v) is 3.88. The van der Waals surface area contributed by atoms with Crippen LogP contribution in [0.4, 0.5) is 5.13 Å². The number of halogens is 1. The first-order chi connectivity index (χ1) is 11.2. The van der Waals surface area contributed by atoms with Crippen LogP contribution in [-0.4, -0.2) is 30.0 Å². The van der Waals surface area contributed by atoms with E-state index in [4.69, 9.17) is 11.6 Å². The number of thiazole rings is 1. The van der Waals surface area contributed by atoms with Gasteiger partial charge < -0.3 is 10.2 Å². The number of rotatable bonds is 6. The number of carbonyl (C=O) groups excluding carboxylic acids is 1. The van der Waals surface area contributed by atoms with Crippen molar-refractivity contribution in [3.05, 3.63) is 46.4 Å². The molecule has 1 atom stereocenters.